The molecule has 0 fully saturated rings. The van der Waals surface area contributed by atoms with Gasteiger partial charge in [-0.05, 0) is 18.6 Å². The standard InChI is InChI=1S/C6H14N2S2/c1-2-3-4-5-10-8-6(7)9/h2-5H2,1H3,(H3,7,8,9). The number of rotatable bonds is 5. The van der Waals surface area contributed by atoms with E-state index in [2.05, 4.69) is 23.9 Å². The van der Waals surface area contributed by atoms with Gasteiger partial charge in [0, 0.05) is 5.75 Å². The number of nitrogens with one attached hydrogen (secondary N) is 1. The first kappa shape index (κ1) is 10.0. The molecule has 2 nitrogen and oxygen atoms in total. The van der Waals surface area contributed by atoms with Gasteiger partial charge in [0.2, 0.25) is 0 Å². The molecular formula is C6H14N2S2. The van der Waals surface area contributed by atoms with Crippen LogP contribution < -0.4 is 10.5 Å². The van der Waals surface area contributed by atoms with Gasteiger partial charge < -0.3 is 10.5 Å². The summed E-state index contributed by atoms with van der Waals surface area (Å²) in [5.41, 5.74) is 5.21. The molecule has 0 bridgehead atoms. The average molecular weight is 178 g/mol. The Morgan fingerprint density at radius 3 is 2.80 bits per heavy atom. The zero-order chi connectivity index (χ0) is 7.82. The number of thiocarbonyl (C=S) groups is 1. The number of hydrogen-bond donors (Lipinski definition) is 2. The van der Waals surface area contributed by atoms with Crippen LogP contribution in [0.2, 0.25) is 0 Å². The topological polar surface area (TPSA) is 38.0 Å². The van der Waals surface area contributed by atoms with Gasteiger partial charge in [-0.3, -0.25) is 0 Å². The molecule has 0 saturated carbocycles. The second-order valence-electron chi connectivity index (χ2n) is 2.02. The monoisotopic (exact) mass is 178 g/mol. The molecule has 0 aliphatic rings. The van der Waals surface area contributed by atoms with Crippen LogP contribution in [-0.4, -0.2) is 10.9 Å². The van der Waals surface area contributed by atoms with E-state index in [1.165, 1.54) is 19.3 Å². The minimum Gasteiger partial charge on any atom is -0.376 e. The van der Waals surface area contributed by atoms with Crippen molar-refractivity contribution in [3.05, 3.63) is 0 Å². The van der Waals surface area contributed by atoms with Crippen LogP contribution in [0.25, 0.3) is 0 Å². The van der Waals surface area contributed by atoms with Crippen molar-refractivity contribution in [2.24, 2.45) is 5.73 Å². The fraction of sp³-hybridized carbons (Fsp3) is 0.833. The molecule has 4 heteroatoms. The van der Waals surface area contributed by atoms with E-state index in [-0.39, 0.29) is 0 Å². The fourth-order valence-electron chi connectivity index (χ4n) is 0.546. The van der Waals surface area contributed by atoms with E-state index in [9.17, 15) is 0 Å². The summed E-state index contributed by atoms with van der Waals surface area (Å²) in [4.78, 5) is 0. The molecule has 0 amide bonds. The Balaban J connectivity index is 2.84. The Kier molecular flexibility index (Phi) is 7.18. The summed E-state index contributed by atoms with van der Waals surface area (Å²) in [6.45, 7) is 2.19. The van der Waals surface area contributed by atoms with Crippen LogP contribution in [0.1, 0.15) is 26.2 Å². The first-order valence-corrected chi connectivity index (χ1v) is 4.84. The highest BCUT2D eigenvalue weighted by atomic mass is 32.2. The van der Waals surface area contributed by atoms with Gasteiger partial charge in [-0.25, -0.2) is 0 Å². The molecule has 0 spiro atoms. The van der Waals surface area contributed by atoms with Crippen molar-refractivity contribution in [1.82, 2.24) is 4.72 Å². The third-order valence-corrected chi connectivity index (χ3v) is 2.11. The van der Waals surface area contributed by atoms with Crippen LogP contribution in [0.4, 0.5) is 0 Å². The van der Waals surface area contributed by atoms with Gasteiger partial charge in [-0.15, -0.1) is 0 Å². The van der Waals surface area contributed by atoms with E-state index >= 15 is 0 Å². The molecule has 0 radical (unpaired) electrons. The van der Waals surface area contributed by atoms with E-state index in [1.54, 1.807) is 11.9 Å². The second kappa shape index (κ2) is 7.15. The summed E-state index contributed by atoms with van der Waals surface area (Å²) >= 11 is 6.20. The summed E-state index contributed by atoms with van der Waals surface area (Å²) < 4.78 is 2.83. The maximum Gasteiger partial charge on any atom is 0.173 e. The zero-order valence-electron chi connectivity index (χ0n) is 6.22. The lowest BCUT2D eigenvalue weighted by molar-refractivity contribution is 0.778. The van der Waals surface area contributed by atoms with Gasteiger partial charge in [0.15, 0.2) is 5.11 Å². The Hall–Kier alpha value is 0.0400. The second-order valence-corrected chi connectivity index (χ2v) is 3.36. The van der Waals surface area contributed by atoms with Gasteiger partial charge >= 0.3 is 0 Å². The normalized spacial score (nSPS) is 9.30. The van der Waals surface area contributed by atoms with Crippen molar-refractivity contribution < 1.29 is 0 Å². The van der Waals surface area contributed by atoms with Gasteiger partial charge in [-0.2, -0.15) is 0 Å². The molecular weight excluding hydrogens is 164 g/mol. The van der Waals surface area contributed by atoms with Crippen LogP contribution >= 0.6 is 24.2 Å². The maximum absolute atomic E-state index is 5.21. The fourth-order valence-corrected chi connectivity index (χ4v) is 1.32. The summed E-state index contributed by atoms with van der Waals surface area (Å²) in [5, 5.41) is 0.376. The largest absolute Gasteiger partial charge is 0.376 e. The van der Waals surface area contributed by atoms with Gasteiger partial charge in [0.25, 0.3) is 0 Å². The lowest BCUT2D eigenvalue weighted by Crippen LogP contribution is -2.22. The average Bonchev–Trinajstić information content (AvgIpc) is 1.87. The third-order valence-electron chi connectivity index (χ3n) is 1.02. The smallest absolute Gasteiger partial charge is 0.173 e. The van der Waals surface area contributed by atoms with E-state index in [4.69, 9.17) is 5.73 Å². The van der Waals surface area contributed by atoms with Crippen LogP contribution in [0.15, 0.2) is 0 Å². The molecule has 0 aromatic heterocycles. The van der Waals surface area contributed by atoms with Crippen molar-refractivity contribution in [1.29, 1.82) is 0 Å². The highest BCUT2D eigenvalue weighted by Crippen LogP contribution is 2.01. The first-order chi connectivity index (χ1) is 4.77. The van der Waals surface area contributed by atoms with Crippen LogP contribution in [0.3, 0.4) is 0 Å². The predicted octanol–water partition coefficient (Wildman–Crippen LogP) is 1.66. The maximum atomic E-state index is 5.21. The third kappa shape index (κ3) is 8.04. The van der Waals surface area contributed by atoms with Crippen molar-refractivity contribution in [2.75, 3.05) is 5.75 Å². The quantitative estimate of drug-likeness (QED) is 0.381. The molecule has 0 heterocycles. The van der Waals surface area contributed by atoms with Gasteiger partial charge in [-0.1, -0.05) is 31.7 Å². The van der Waals surface area contributed by atoms with Crippen LogP contribution in [0, 0.1) is 0 Å². The molecule has 60 valence electrons. The van der Waals surface area contributed by atoms with E-state index < -0.39 is 0 Å². The molecule has 0 rings (SSSR count). The lowest BCUT2D eigenvalue weighted by Gasteiger charge is -2.00. The van der Waals surface area contributed by atoms with Gasteiger partial charge in [0.05, 0.1) is 0 Å². The zero-order valence-corrected chi connectivity index (χ0v) is 7.86. The number of hydrogen-bond acceptors (Lipinski definition) is 2. The Bertz CT molecular complexity index is 95.7. The van der Waals surface area contributed by atoms with E-state index in [1.807, 2.05) is 0 Å². The van der Waals surface area contributed by atoms with Crippen molar-refractivity contribution in [3.8, 4) is 0 Å². The Morgan fingerprint density at radius 2 is 2.30 bits per heavy atom. The molecule has 0 aliphatic heterocycles. The lowest BCUT2D eigenvalue weighted by atomic mass is 10.3. The summed E-state index contributed by atoms with van der Waals surface area (Å²) in [5.74, 6) is 1.09. The molecule has 10 heavy (non-hydrogen) atoms. The molecule has 0 aromatic carbocycles. The molecule has 0 aromatic rings. The Labute approximate surface area is 72.1 Å². The van der Waals surface area contributed by atoms with Crippen LogP contribution in [-0.2, 0) is 0 Å². The Morgan fingerprint density at radius 1 is 1.60 bits per heavy atom. The highest BCUT2D eigenvalue weighted by Gasteiger charge is 1.88. The minimum absolute atomic E-state index is 0.376. The first-order valence-electron chi connectivity index (χ1n) is 3.44. The van der Waals surface area contributed by atoms with E-state index in [0.29, 0.717) is 5.11 Å². The minimum atomic E-state index is 0.376. The summed E-state index contributed by atoms with van der Waals surface area (Å²) in [7, 11) is 0. The van der Waals surface area contributed by atoms with Crippen molar-refractivity contribution >= 4 is 29.3 Å². The molecule has 0 aliphatic carbocycles. The van der Waals surface area contributed by atoms with Crippen molar-refractivity contribution in [2.45, 2.75) is 26.2 Å². The van der Waals surface area contributed by atoms with Gasteiger partial charge in [0.1, 0.15) is 0 Å². The van der Waals surface area contributed by atoms with E-state index in [0.717, 1.165) is 5.75 Å². The van der Waals surface area contributed by atoms with Crippen molar-refractivity contribution in [3.63, 3.8) is 0 Å². The molecule has 0 unspecified atom stereocenters. The number of nitrogens with two attached hydrogens (primary N) is 1. The summed E-state index contributed by atoms with van der Waals surface area (Å²) in [6, 6.07) is 0. The SMILES string of the molecule is CCCCCSNC(N)=S. The molecule has 0 atom stereocenters. The predicted molar refractivity (Wildman–Crippen MR) is 51.9 cm³/mol. The molecule has 3 N–H and O–H groups in total. The highest BCUT2D eigenvalue weighted by molar-refractivity contribution is 7.98. The molecule has 0 saturated heterocycles. The number of unbranched alkanes of at least 4 members (excludes halogenated alkanes) is 2. The summed E-state index contributed by atoms with van der Waals surface area (Å²) in [6.07, 6.45) is 3.77. The van der Waals surface area contributed by atoms with Crippen LogP contribution in [0.5, 0.6) is 0 Å².